The van der Waals surface area contributed by atoms with Crippen molar-refractivity contribution in [3.05, 3.63) is 64.4 Å². The van der Waals surface area contributed by atoms with Gasteiger partial charge in [-0.1, -0.05) is 21.4 Å². The smallest absolute Gasteiger partial charge is 0.358 e. The molecule has 0 saturated heterocycles. The van der Waals surface area contributed by atoms with E-state index in [0.717, 1.165) is 33.8 Å². The number of thioether (sulfide) groups is 3. The van der Waals surface area contributed by atoms with Crippen molar-refractivity contribution < 1.29 is 4.92 Å². The van der Waals surface area contributed by atoms with Crippen molar-refractivity contribution in [2.75, 3.05) is 17.8 Å². The van der Waals surface area contributed by atoms with Crippen LogP contribution in [0, 0.1) is 17.0 Å². The SMILES string of the molecule is CSc1nccn1Cc1nccc(SCCCSc2ccc3ncc([N+](=O)[O-])n3n2)c1C. The van der Waals surface area contributed by atoms with E-state index in [2.05, 4.69) is 37.6 Å². The first-order valence-electron chi connectivity index (χ1n) is 9.81. The summed E-state index contributed by atoms with van der Waals surface area (Å²) >= 11 is 5.03. The molecule has 0 atom stereocenters. The molecule has 4 aromatic heterocycles. The predicted molar refractivity (Wildman–Crippen MR) is 128 cm³/mol. The second-order valence-electron chi connectivity index (χ2n) is 6.79. The Bertz CT molecular complexity index is 1240. The van der Waals surface area contributed by atoms with E-state index in [1.54, 1.807) is 29.6 Å². The highest BCUT2D eigenvalue weighted by Crippen LogP contribution is 2.27. The Morgan fingerprint density at radius 2 is 1.94 bits per heavy atom. The summed E-state index contributed by atoms with van der Waals surface area (Å²) in [6.07, 6.45) is 9.90. The largest absolute Gasteiger partial charge is 0.368 e. The minimum Gasteiger partial charge on any atom is -0.358 e. The summed E-state index contributed by atoms with van der Waals surface area (Å²) < 4.78 is 3.39. The Balaban J connectivity index is 1.31. The summed E-state index contributed by atoms with van der Waals surface area (Å²) in [5, 5.41) is 17.1. The molecule has 0 fully saturated rings. The van der Waals surface area contributed by atoms with Crippen LogP contribution >= 0.6 is 35.3 Å². The van der Waals surface area contributed by atoms with Gasteiger partial charge in [-0.05, 0) is 48.0 Å². The number of imidazole rings is 2. The van der Waals surface area contributed by atoms with Gasteiger partial charge in [-0.2, -0.15) is 0 Å². The van der Waals surface area contributed by atoms with Crippen LogP contribution in [0.2, 0.25) is 0 Å². The standard InChI is InChI=1S/C20H21N7O2S3/c1-14-15(13-25-9-8-22-20(25)30-2)21-7-6-16(14)31-10-3-11-32-18-5-4-17-23-12-19(27(28)29)26(17)24-18/h4-9,12H,3,10-11,13H2,1-2H3. The lowest BCUT2D eigenvalue weighted by molar-refractivity contribution is -0.391. The third-order valence-electron chi connectivity index (χ3n) is 4.74. The second-order valence-corrected chi connectivity index (χ2v) is 9.81. The average Bonchev–Trinajstić information content (AvgIpc) is 3.42. The zero-order valence-electron chi connectivity index (χ0n) is 17.5. The molecule has 0 aromatic carbocycles. The van der Waals surface area contributed by atoms with Gasteiger partial charge < -0.3 is 14.7 Å². The average molecular weight is 488 g/mol. The number of aromatic nitrogens is 6. The molecule has 0 radical (unpaired) electrons. The van der Waals surface area contributed by atoms with Gasteiger partial charge in [0.05, 0.1) is 12.2 Å². The van der Waals surface area contributed by atoms with Gasteiger partial charge in [0.15, 0.2) is 5.16 Å². The van der Waals surface area contributed by atoms with Crippen LogP contribution in [0.25, 0.3) is 5.65 Å². The lowest BCUT2D eigenvalue weighted by atomic mass is 10.2. The van der Waals surface area contributed by atoms with Gasteiger partial charge in [-0.25, -0.2) is 9.97 Å². The van der Waals surface area contributed by atoms with Gasteiger partial charge in [0.2, 0.25) is 5.65 Å². The molecule has 0 unspecified atom stereocenters. The van der Waals surface area contributed by atoms with Gasteiger partial charge in [0, 0.05) is 35.3 Å². The molecule has 9 nitrogen and oxygen atoms in total. The highest BCUT2D eigenvalue weighted by Gasteiger charge is 2.16. The van der Waals surface area contributed by atoms with Gasteiger partial charge >= 0.3 is 5.82 Å². The van der Waals surface area contributed by atoms with Crippen molar-refractivity contribution in [2.45, 2.75) is 35.0 Å². The third kappa shape index (κ3) is 5.08. The van der Waals surface area contributed by atoms with Gasteiger partial charge in [0.25, 0.3) is 0 Å². The number of nitro groups is 1. The van der Waals surface area contributed by atoms with Gasteiger partial charge in [-0.3, -0.25) is 4.98 Å². The van der Waals surface area contributed by atoms with Crippen molar-refractivity contribution in [3.8, 4) is 0 Å². The summed E-state index contributed by atoms with van der Waals surface area (Å²) in [6, 6.07) is 5.66. The number of rotatable bonds is 10. The predicted octanol–water partition coefficient (Wildman–Crippen LogP) is 4.58. The van der Waals surface area contributed by atoms with Crippen molar-refractivity contribution in [3.63, 3.8) is 0 Å². The lowest BCUT2D eigenvalue weighted by Crippen LogP contribution is -2.05. The number of fused-ring (bicyclic) bond motifs is 1. The first kappa shape index (κ1) is 22.6. The number of pyridine rings is 1. The van der Waals surface area contributed by atoms with E-state index in [4.69, 9.17) is 0 Å². The molecule has 0 aliphatic carbocycles. The van der Waals surface area contributed by atoms with E-state index >= 15 is 0 Å². The van der Waals surface area contributed by atoms with Crippen LogP contribution in [-0.4, -0.2) is 51.8 Å². The summed E-state index contributed by atoms with van der Waals surface area (Å²) in [6.45, 7) is 2.83. The number of nitrogens with zero attached hydrogens (tertiary/aromatic N) is 7. The van der Waals surface area contributed by atoms with Crippen LogP contribution in [0.1, 0.15) is 17.7 Å². The fraction of sp³-hybridized carbons (Fsp3) is 0.300. The molecule has 32 heavy (non-hydrogen) atoms. The number of hydrogen-bond donors (Lipinski definition) is 0. The molecule has 0 aliphatic rings. The normalized spacial score (nSPS) is 11.3. The molecule has 12 heteroatoms. The molecule has 0 amide bonds. The van der Waals surface area contributed by atoms with Crippen molar-refractivity contribution in [2.24, 2.45) is 0 Å². The molecule has 0 N–H and O–H groups in total. The third-order valence-corrected chi connectivity index (χ3v) is 7.70. The van der Waals surface area contributed by atoms with E-state index in [-0.39, 0.29) is 5.82 Å². The topological polar surface area (TPSA) is 104 Å². The molecule has 4 heterocycles. The van der Waals surface area contributed by atoms with Gasteiger partial charge in [0.1, 0.15) is 11.2 Å². The second kappa shape index (κ2) is 10.4. The van der Waals surface area contributed by atoms with Crippen LogP contribution in [0.15, 0.2) is 58.1 Å². The Labute approximate surface area is 197 Å². The minimum absolute atomic E-state index is 0.123. The minimum atomic E-state index is -0.474. The monoisotopic (exact) mass is 487 g/mol. The molecular weight excluding hydrogens is 466 g/mol. The molecular formula is C20H21N7O2S3. The summed E-state index contributed by atoms with van der Waals surface area (Å²) in [5.74, 6) is 1.71. The van der Waals surface area contributed by atoms with Crippen LogP contribution in [0.4, 0.5) is 5.82 Å². The van der Waals surface area contributed by atoms with Crippen molar-refractivity contribution in [1.82, 2.24) is 29.1 Å². The Kier molecular flexibility index (Phi) is 7.33. The molecule has 166 valence electrons. The Hall–Kier alpha value is -2.57. The molecule has 0 aliphatic heterocycles. The first-order valence-corrected chi connectivity index (χ1v) is 13.0. The van der Waals surface area contributed by atoms with E-state index in [1.165, 1.54) is 21.2 Å². The first-order chi connectivity index (χ1) is 15.6. The fourth-order valence-electron chi connectivity index (χ4n) is 3.11. The molecule has 0 bridgehead atoms. The number of hydrogen-bond acceptors (Lipinski definition) is 9. The van der Waals surface area contributed by atoms with E-state index in [0.29, 0.717) is 12.2 Å². The van der Waals surface area contributed by atoms with Crippen molar-refractivity contribution >= 4 is 46.8 Å². The fourth-order valence-corrected chi connectivity index (χ4v) is 5.62. The van der Waals surface area contributed by atoms with E-state index < -0.39 is 4.92 Å². The lowest BCUT2D eigenvalue weighted by Gasteiger charge is -2.12. The highest BCUT2D eigenvalue weighted by atomic mass is 32.2. The summed E-state index contributed by atoms with van der Waals surface area (Å²) in [7, 11) is 0. The van der Waals surface area contributed by atoms with Crippen LogP contribution in [0.3, 0.4) is 0 Å². The van der Waals surface area contributed by atoms with Crippen LogP contribution in [-0.2, 0) is 6.54 Å². The quantitative estimate of drug-likeness (QED) is 0.137. The maximum Gasteiger partial charge on any atom is 0.368 e. The highest BCUT2D eigenvalue weighted by molar-refractivity contribution is 8.00. The van der Waals surface area contributed by atoms with Crippen LogP contribution < -0.4 is 0 Å². The summed E-state index contributed by atoms with van der Waals surface area (Å²) in [4.78, 5) is 24.8. The zero-order valence-corrected chi connectivity index (χ0v) is 20.0. The Morgan fingerprint density at radius 3 is 2.75 bits per heavy atom. The maximum atomic E-state index is 11.1. The summed E-state index contributed by atoms with van der Waals surface area (Å²) in [5.41, 5.74) is 2.73. The maximum absolute atomic E-state index is 11.1. The van der Waals surface area contributed by atoms with Crippen molar-refractivity contribution in [1.29, 1.82) is 0 Å². The van der Waals surface area contributed by atoms with E-state index in [9.17, 15) is 10.1 Å². The molecule has 0 saturated carbocycles. The molecule has 4 aromatic rings. The van der Waals surface area contributed by atoms with E-state index in [1.807, 2.05) is 42.7 Å². The Morgan fingerprint density at radius 1 is 1.09 bits per heavy atom. The molecule has 0 spiro atoms. The van der Waals surface area contributed by atoms with Crippen LogP contribution in [0.5, 0.6) is 0 Å². The zero-order chi connectivity index (χ0) is 22.5. The molecule has 4 rings (SSSR count). The van der Waals surface area contributed by atoms with Gasteiger partial charge in [-0.15, -0.1) is 23.5 Å².